The molecule has 10 heteroatoms. The molecule has 19 heavy (non-hydrogen) atoms. The lowest BCUT2D eigenvalue weighted by atomic mass is 10.1. The Morgan fingerprint density at radius 1 is 1.37 bits per heavy atom. The molecule has 0 atom stereocenters. The van der Waals surface area contributed by atoms with Crippen molar-refractivity contribution in [3.05, 3.63) is 33.9 Å². The number of hydrogen-bond acceptors (Lipinski definition) is 5. The number of nitrogens with two attached hydrogens (primary N) is 1. The van der Waals surface area contributed by atoms with Gasteiger partial charge in [0.25, 0.3) is 5.69 Å². The number of aromatic nitrogens is 3. The summed E-state index contributed by atoms with van der Waals surface area (Å²) in [6.45, 7) is 0. The highest BCUT2D eigenvalue weighted by atomic mass is 19.4. The van der Waals surface area contributed by atoms with Gasteiger partial charge in [-0.05, 0) is 6.07 Å². The number of nitrogens with one attached hydrogen (secondary N) is 1. The van der Waals surface area contributed by atoms with Crippen molar-refractivity contribution in [1.82, 2.24) is 15.2 Å². The minimum Gasteiger partial charge on any atom is -0.366 e. The maximum atomic E-state index is 12.6. The molecule has 3 N–H and O–H groups in total. The highest BCUT2D eigenvalue weighted by Crippen LogP contribution is 2.37. The lowest BCUT2D eigenvalue weighted by molar-refractivity contribution is -0.388. The molecule has 1 aromatic carbocycles. The predicted molar refractivity (Wildman–Crippen MR) is 57.9 cm³/mol. The van der Waals surface area contributed by atoms with Crippen LogP contribution in [-0.2, 0) is 6.18 Å². The van der Waals surface area contributed by atoms with E-state index in [9.17, 15) is 23.3 Å². The Morgan fingerprint density at radius 2 is 2.05 bits per heavy atom. The van der Waals surface area contributed by atoms with Crippen LogP contribution in [0.2, 0.25) is 0 Å². The highest BCUT2D eigenvalue weighted by molar-refractivity contribution is 5.62. The SMILES string of the molecule is Nc1n[nH]c(-c2ccc(C(F)(F)F)c([N+](=O)[O-])c2)n1. The summed E-state index contributed by atoms with van der Waals surface area (Å²) < 4.78 is 37.8. The van der Waals surface area contributed by atoms with Gasteiger partial charge in [-0.15, -0.1) is 5.10 Å². The molecule has 100 valence electrons. The van der Waals surface area contributed by atoms with E-state index in [0.29, 0.717) is 6.07 Å². The van der Waals surface area contributed by atoms with Gasteiger partial charge in [-0.3, -0.25) is 15.2 Å². The minimum absolute atomic E-state index is 0.0503. The molecule has 0 saturated carbocycles. The van der Waals surface area contributed by atoms with Crippen molar-refractivity contribution in [1.29, 1.82) is 0 Å². The molecule has 0 radical (unpaired) electrons. The zero-order valence-electron chi connectivity index (χ0n) is 9.10. The number of anilines is 1. The van der Waals surface area contributed by atoms with Crippen LogP contribution >= 0.6 is 0 Å². The third-order valence-corrected chi connectivity index (χ3v) is 2.28. The Bertz CT molecular complexity index is 637. The number of hydrogen-bond donors (Lipinski definition) is 2. The standard InChI is InChI=1S/C9H6F3N5O2/c10-9(11,12)5-2-1-4(3-6(5)17(18)19)7-14-8(13)16-15-7/h1-3H,(H3,13,14,15,16). The summed E-state index contributed by atoms with van der Waals surface area (Å²) in [7, 11) is 0. The van der Waals surface area contributed by atoms with E-state index < -0.39 is 22.4 Å². The van der Waals surface area contributed by atoms with E-state index in [2.05, 4.69) is 15.2 Å². The van der Waals surface area contributed by atoms with Gasteiger partial charge in [0.05, 0.1) is 4.92 Å². The summed E-state index contributed by atoms with van der Waals surface area (Å²) in [6.07, 6.45) is -4.80. The quantitative estimate of drug-likeness (QED) is 0.642. The first kappa shape index (κ1) is 12.8. The molecule has 0 aliphatic carbocycles. The second-order valence-corrected chi connectivity index (χ2v) is 3.53. The van der Waals surface area contributed by atoms with Gasteiger partial charge in [0, 0.05) is 11.6 Å². The lowest BCUT2D eigenvalue weighted by Gasteiger charge is -2.07. The molecule has 7 nitrogen and oxygen atoms in total. The average molecular weight is 273 g/mol. The van der Waals surface area contributed by atoms with E-state index in [-0.39, 0.29) is 17.3 Å². The molecule has 1 heterocycles. The van der Waals surface area contributed by atoms with Gasteiger partial charge in [-0.1, -0.05) is 6.07 Å². The smallest absolute Gasteiger partial charge is 0.366 e. The number of alkyl halides is 3. The van der Waals surface area contributed by atoms with Gasteiger partial charge in [0.15, 0.2) is 5.82 Å². The zero-order valence-corrected chi connectivity index (χ0v) is 9.10. The maximum absolute atomic E-state index is 12.6. The van der Waals surface area contributed by atoms with Gasteiger partial charge >= 0.3 is 6.18 Å². The third-order valence-electron chi connectivity index (χ3n) is 2.28. The summed E-state index contributed by atoms with van der Waals surface area (Å²) in [5.74, 6) is -0.0631. The van der Waals surface area contributed by atoms with Crippen molar-refractivity contribution in [2.75, 3.05) is 5.73 Å². The zero-order chi connectivity index (χ0) is 14.2. The molecule has 0 bridgehead atoms. The largest absolute Gasteiger partial charge is 0.422 e. The monoisotopic (exact) mass is 273 g/mol. The Kier molecular flexibility index (Phi) is 2.85. The van der Waals surface area contributed by atoms with Gasteiger partial charge < -0.3 is 5.73 Å². The van der Waals surface area contributed by atoms with E-state index in [0.717, 1.165) is 12.1 Å². The Hall–Kier alpha value is -2.65. The summed E-state index contributed by atoms with van der Waals surface area (Å²) >= 11 is 0. The summed E-state index contributed by atoms with van der Waals surface area (Å²) in [4.78, 5) is 13.3. The van der Waals surface area contributed by atoms with Crippen LogP contribution in [0.3, 0.4) is 0 Å². The third kappa shape index (κ3) is 2.46. The van der Waals surface area contributed by atoms with Crippen LogP contribution in [0.5, 0.6) is 0 Å². The molecular weight excluding hydrogens is 267 g/mol. The maximum Gasteiger partial charge on any atom is 0.422 e. The summed E-state index contributed by atoms with van der Waals surface area (Å²) in [6, 6.07) is 2.44. The Labute approximate surface area is 103 Å². The highest BCUT2D eigenvalue weighted by Gasteiger charge is 2.38. The second kappa shape index (κ2) is 4.23. The van der Waals surface area contributed by atoms with Crippen molar-refractivity contribution in [3.63, 3.8) is 0 Å². The van der Waals surface area contributed by atoms with E-state index in [1.54, 1.807) is 0 Å². The molecule has 0 saturated heterocycles. The fourth-order valence-corrected chi connectivity index (χ4v) is 1.47. The number of aromatic amines is 1. The van der Waals surface area contributed by atoms with Gasteiger partial charge in [-0.25, -0.2) is 0 Å². The topological polar surface area (TPSA) is 111 Å². The number of halogens is 3. The molecule has 0 fully saturated rings. The van der Waals surface area contributed by atoms with Gasteiger partial charge in [-0.2, -0.15) is 18.2 Å². The van der Waals surface area contributed by atoms with E-state index in [4.69, 9.17) is 5.73 Å². The number of benzene rings is 1. The van der Waals surface area contributed by atoms with Gasteiger partial charge in [0.1, 0.15) is 5.56 Å². The number of rotatable bonds is 2. The molecular formula is C9H6F3N5O2. The molecule has 0 unspecified atom stereocenters. The van der Waals surface area contributed by atoms with Gasteiger partial charge in [0.2, 0.25) is 5.95 Å². The van der Waals surface area contributed by atoms with Crippen LogP contribution in [0.15, 0.2) is 18.2 Å². The first-order valence-electron chi connectivity index (χ1n) is 4.83. The molecule has 0 spiro atoms. The Morgan fingerprint density at radius 3 is 2.53 bits per heavy atom. The number of nitro groups is 1. The molecule has 0 aliphatic rings. The van der Waals surface area contributed by atoms with Crippen molar-refractivity contribution in [2.24, 2.45) is 0 Å². The molecule has 0 aliphatic heterocycles. The van der Waals surface area contributed by atoms with Crippen LogP contribution in [0.25, 0.3) is 11.4 Å². The normalized spacial score (nSPS) is 11.5. The minimum atomic E-state index is -4.80. The second-order valence-electron chi connectivity index (χ2n) is 3.53. The summed E-state index contributed by atoms with van der Waals surface area (Å²) in [5, 5.41) is 16.5. The van der Waals surface area contributed by atoms with Crippen LogP contribution in [0, 0.1) is 10.1 Å². The fraction of sp³-hybridized carbons (Fsp3) is 0.111. The molecule has 2 rings (SSSR count). The van der Waals surface area contributed by atoms with Crippen LogP contribution in [0.4, 0.5) is 24.8 Å². The molecule has 1 aromatic heterocycles. The van der Waals surface area contributed by atoms with Crippen molar-refractivity contribution in [2.45, 2.75) is 6.18 Å². The van der Waals surface area contributed by atoms with Crippen molar-refractivity contribution < 1.29 is 18.1 Å². The van der Waals surface area contributed by atoms with Crippen LogP contribution < -0.4 is 5.73 Å². The first-order chi connectivity index (χ1) is 8.79. The fourth-order valence-electron chi connectivity index (χ4n) is 1.47. The van der Waals surface area contributed by atoms with Crippen molar-refractivity contribution >= 4 is 11.6 Å². The summed E-state index contributed by atoms with van der Waals surface area (Å²) in [5.41, 5.74) is 2.95. The van der Waals surface area contributed by atoms with E-state index in [1.807, 2.05) is 0 Å². The number of nitro benzene ring substituents is 1. The number of H-pyrrole nitrogens is 1. The number of nitrogens with zero attached hydrogens (tertiary/aromatic N) is 3. The molecule has 2 aromatic rings. The average Bonchev–Trinajstić information content (AvgIpc) is 2.74. The Balaban J connectivity index is 2.57. The van der Waals surface area contributed by atoms with Crippen LogP contribution in [-0.4, -0.2) is 20.1 Å². The first-order valence-corrected chi connectivity index (χ1v) is 4.83. The molecule has 0 amide bonds. The van der Waals surface area contributed by atoms with Crippen LogP contribution in [0.1, 0.15) is 5.56 Å². The van der Waals surface area contributed by atoms with Crippen molar-refractivity contribution in [3.8, 4) is 11.4 Å². The predicted octanol–water partition coefficient (Wildman–Crippen LogP) is 1.98. The van der Waals surface area contributed by atoms with E-state index >= 15 is 0 Å². The number of nitrogen functional groups attached to an aromatic ring is 1. The lowest BCUT2D eigenvalue weighted by Crippen LogP contribution is -2.08. The van der Waals surface area contributed by atoms with E-state index in [1.165, 1.54) is 0 Å².